The van der Waals surface area contributed by atoms with Gasteiger partial charge >= 0.3 is 0 Å². The van der Waals surface area contributed by atoms with Crippen molar-refractivity contribution in [2.24, 2.45) is 11.5 Å². The number of nitrogens with two attached hydrogens (primary N) is 2. The molecule has 0 saturated carbocycles. The van der Waals surface area contributed by atoms with Gasteiger partial charge in [0, 0.05) is 13.1 Å². The fourth-order valence-corrected chi connectivity index (χ4v) is 1.30. The third kappa shape index (κ3) is 3.08. The minimum absolute atomic E-state index is 0.0925. The summed E-state index contributed by atoms with van der Waals surface area (Å²) in [6, 6.07) is 0. The normalized spacial score (nSPS) is 37.2. The topological polar surface area (TPSA) is 131 Å². The van der Waals surface area contributed by atoms with Gasteiger partial charge in [0.05, 0.1) is 12.7 Å². The van der Waals surface area contributed by atoms with Crippen LogP contribution in [0.2, 0.25) is 0 Å². The maximum atomic E-state index is 9.51. The predicted octanol–water partition coefficient (Wildman–Crippen LogP) is -3.27. The monoisotopic (exact) mass is 222 g/mol. The van der Waals surface area contributed by atoms with Crippen LogP contribution in [0.4, 0.5) is 0 Å². The lowest BCUT2D eigenvalue weighted by Crippen LogP contribution is -2.55. The van der Waals surface area contributed by atoms with Crippen molar-refractivity contribution in [2.75, 3.05) is 19.7 Å². The van der Waals surface area contributed by atoms with Crippen molar-refractivity contribution in [3.05, 3.63) is 0 Å². The summed E-state index contributed by atoms with van der Waals surface area (Å²) in [5, 5.41) is 28.0. The molecule has 0 bridgehead atoms. The molecule has 0 aromatic heterocycles. The molecular formula is C8H18N2O5. The van der Waals surface area contributed by atoms with Crippen LogP contribution in [0.25, 0.3) is 0 Å². The van der Waals surface area contributed by atoms with E-state index in [0.717, 1.165) is 0 Å². The van der Waals surface area contributed by atoms with Gasteiger partial charge in [-0.1, -0.05) is 0 Å². The van der Waals surface area contributed by atoms with E-state index in [0.29, 0.717) is 0 Å². The number of hydrogen-bond donors (Lipinski definition) is 5. The molecule has 1 aliphatic rings. The fourth-order valence-electron chi connectivity index (χ4n) is 1.30. The molecule has 0 aromatic rings. The van der Waals surface area contributed by atoms with E-state index in [-0.39, 0.29) is 19.7 Å². The smallest absolute Gasteiger partial charge is 0.186 e. The highest BCUT2D eigenvalue weighted by Crippen LogP contribution is 2.17. The van der Waals surface area contributed by atoms with Crippen LogP contribution in [0.5, 0.6) is 0 Å². The molecule has 1 rings (SSSR count). The first-order valence-electron chi connectivity index (χ1n) is 4.81. The molecule has 1 fully saturated rings. The second-order valence-electron chi connectivity index (χ2n) is 3.48. The molecule has 0 spiro atoms. The van der Waals surface area contributed by atoms with Crippen LogP contribution in [0.15, 0.2) is 0 Å². The van der Waals surface area contributed by atoms with E-state index in [2.05, 4.69) is 0 Å². The third-order valence-corrected chi connectivity index (χ3v) is 2.31. The number of rotatable bonds is 4. The summed E-state index contributed by atoms with van der Waals surface area (Å²) >= 11 is 0. The van der Waals surface area contributed by atoms with Crippen molar-refractivity contribution < 1.29 is 24.8 Å². The molecule has 7 N–H and O–H groups in total. The molecule has 0 amide bonds. The lowest BCUT2D eigenvalue weighted by molar-refractivity contribution is -0.280. The van der Waals surface area contributed by atoms with Gasteiger partial charge in [0.25, 0.3) is 0 Å². The highest BCUT2D eigenvalue weighted by Gasteiger charge is 2.38. The summed E-state index contributed by atoms with van der Waals surface area (Å²) in [6.07, 6.45) is -5.11. The van der Waals surface area contributed by atoms with Gasteiger partial charge in [-0.25, -0.2) is 0 Å². The number of hydrogen-bond acceptors (Lipinski definition) is 7. The van der Waals surface area contributed by atoms with Gasteiger partial charge < -0.3 is 36.3 Å². The van der Waals surface area contributed by atoms with E-state index in [1.807, 2.05) is 0 Å². The van der Waals surface area contributed by atoms with Crippen molar-refractivity contribution in [2.45, 2.75) is 30.7 Å². The largest absolute Gasteiger partial charge is 0.388 e. The van der Waals surface area contributed by atoms with Crippen molar-refractivity contribution in [3.63, 3.8) is 0 Å². The Balaban J connectivity index is 2.48. The van der Waals surface area contributed by atoms with Gasteiger partial charge in [0.1, 0.15) is 18.3 Å². The fraction of sp³-hybridized carbons (Fsp3) is 1.00. The Morgan fingerprint density at radius 2 is 1.80 bits per heavy atom. The highest BCUT2D eigenvalue weighted by atomic mass is 16.7. The summed E-state index contributed by atoms with van der Waals surface area (Å²) < 4.78 is 10.2. The van der Waals surface area contributed by atoms with Crippen LogP contribution in [-0.2, 0) is 9.47 Å². The van der Waals surface area contributed by atoms with Crippen LogP contribution in [0, 0.1) is 0 Å². The summed E-state index contributed by atoms with van der Waals surface area (Å²) in [5.41, 5.74) is 10.7. The minimum Gasteiger partial charge on any atom is -0.388 e. The second-order valence-corrected chi connectivity index (χ2v) is 3.48. The molecule has 15 heavy (non-hydrogen) atoms. The first-order chi connectivity index (χ1) is 7.10. The van der Waals surface area contributed by atoms with Crippen molar-refractivity contribution in [1.82, 2.24) is 0 Å². The van der Waals surface area contributed by atoms with E-state index in [4.69, 9.17) is 20.9 Å². The molecule has 7 nitrogen and oxygen atoms in total. The number of aliphatic hydroxyl groups excluding tert-OH is 3. The van der Waals surface area contributed by atoms with E-state index < -0.39 is 30.7 Å². The highest BCUT2D eigenvalue weighted by molar-refractivity contribution is 4.83. The minimum atomic E-state index is -1.30. The zero-order chi connectivity index (χ0) is 11.4. The Bertz CT molecular complexity index is 190. The molecule has 0 aromatic carbocycles. The van der Waals surface area contributed by atoms with Gasteiger partial charge in [0.2, 0.25) is 0 Å². The Morgan fingerprint density at radius 3 is 2.33 bits per heavy atom. The Kier molecular flexibility index (Phi) is 4.87. The summed E-state index contributed by atoms with van der Waals surface area (Å²) in [4.78, 5) is 0. The van der Waals surface area contributed by atoms with Gasteiger partial charge in [-0.3, -0.25) is 0 Å². The van der Waals surface area contributed by atoms with E-state index in [1.165, 1.54) is 0 Å². The number of aliphatic hydroxyl groups is 3. The Hall–Kier alpha value is -0.280. The van der Waals surface area contributed by atoms with Crippen molar-refractivity contribution in [1.29, 1.82) is 0 Å². The van der Waals surface area contributed by atoms with E-state index in [9.17, 15) is 15.3 Å². The van der Waals surface area contributed by atoms with Crippen LogP contribution >= 0.6 is 0 Å². The number of ether oxygens (including phenoxy) is 2. The third-order valence-electron chi connectivity index (χ3n) is 2.31. The van der Waals surface area contributed by atoms with Crippen LogP contribution in [0.1, 0.15) is 0 Å². The van der Waals surface area contributed by atoms with Gasteiger partial charge in [-0.2, -0.15) is 0 Å². The molecule has 1 saturated heterocycles. The maximum Gasteiger partial charge on any atom is 0.186 e. The van der Waals surface area contributed by atoms with Gasteiger partial charge in [-0.05, 0) is 0 Å². The van der Waals surface area contributed by atoms with Gasteiger partial charge in [-0.15, -0.1) is 0 Å². The van der Waals surface area contributed by atoms with Crippen LogP contribution in [-0.4, -0.2) is 65.7 Å². The average molecular weight is 222 g/mol. The SMILES string of the molecule is NCC(CN)O[C@@H]1OC[C@@H](O)[C@@H](O)[C@H]1O. The Morgan fingerprint density at radius 1 is 1.20 bits per heavy atom. The zero-order valence-corrected chi connectivity index (χ0v) is 8.32. The molecule has 0 aliphatic carbocycles. The molecule has 90 valence electrons. The molecular weight excluding hydrogens is 204 g/mol. The predicted molar refractivity (Wildman–Crippen MR) is 50.7 cm³/mol. The van der Waals surface area contributed by atoms with Crippen molar-refractivity contribution >= 4 is 0 Å². The molecule has 4 atom stereocenters. The molecule has 0 unspecified atom stereocenters. The van der Waals surface area contributed by atoms with E-state index in [1.54, 1.807) is 0 Å². The molecule has 1 heterocycles. The zero-order valence-electron chi connectivity index (χ0n) is 8.32. The second kappa shape index (κ2) is 5.71. The first kappa shape index (κ1) is 12.8. The standard InChI is InChI=1S/C8H18N2O5/c9-1-4(2-10)15-8-7(13)6(12)5(11)3-14-8/h4-8,11-13H,1-3,9-10H2/t5-,6-,7-,8+/m1/s1. The lowest BCUT2D eigenvalue weighted by Gasteiger charge is -2.36. The molecule has 1 aliphatic heterocycles. The molecule has 7 heteroatoms. The molecule has 0 radical (unpaired) electrons. The summed E-state index contributed by atoms with van der Waals surface area (Å²) in [6.45, 7) is 0.300. The van der Waals surface area contributed by atoms with Crippen LogP contribution < -0.4 is 11.5 Å². The summed E-state index contributed by atoms with van der Waals surface area (Å²) in [7, 11) is 0. The van der Waals surface area contributed by atoms with E-state index >= 15 is 0 Å². The maximum absolute atomic E-state index is 9.51. The first-order valence-corrected chi connectivity index (χ1v) is 4.81. The average Bonchev–Trinajstić information content (AvgIpc) is 2.25. The van der Waals surface area contributed by atoms with Gasteiger partial charge in [0.15, 0.2) is 6.29 Å². The summed E-state index contributed by atoms with van der Waals surface area (Å²) in [5.74, 6) is 0. The van der Waals surface area contributed by atoms with Crippen molar-refractivity contribution in [3.8, 4) is 0 Å². The Labute approximate surface area is 87.6 Å². The quantitative estimate of drug-likeness (QED) is 0.337. The van der Waals surface area contributed by atoms with Crippen LogP contribution in [0.3, 0.4) is 0 Å². The lowest BCUT2D eigenvalue weighted by atomic mass is 10.1.